The first-order valence-electron chi connectivity index (χ1n) is 9.37. The maximum atomic E-state index is 12.9. The van der Waals surface area contributed by atoms with Crippen molar-refractivity contribution in [3.05, 3.63) is 53.1 Å². The number of carbonyl (C=O) groups excluding carboxylic acids is 1. The van der Waals surface area contributed by atoms with Gasteiger partial charge in [-0.05, 0) is 43.4 Å². The van der Waals surface area contributed by atoms with Crippen LogP contribution in [0.2, 0.25) is 5.02 Å². The molecule has 7 nitrogen and oxygen atoms in total. The number of hydrogen-bond donors (Lipinski definition) is 2. The Morgan fingerprint density at radius 3 is 2.30 bits per heavy atom. The minimum atomic E-state index is -3.55. The fraction of sp³-hybridized carbons (Fsp3) is 0.300. The molecule has 0 bridgehead atoms. The van der Waals surface area contributed by atoms with Crippen molar-refractivity contribution in [2.75, 3.05) is 36.4 Å². The molecule has 0 spiro atoms. The molecule has 1 aliphatic rings. The number of aryl methyl sites for hydroxylation is 1. The van der Waals surface area contributed by atoms with E-state index >= 15 is 0 Å². The molecule has 1 fully saturated rings. The highest BCUT2D eigenvalue weighted by atomic mass is 35.5. The first-order valence-corrected chi connectivity index (χ1v) is 11.6. The number of halogens is 1. The summed E-state index contributed by atoms with van der Waals surface area (Å²) in [5, 5.41) is 6.20. The lowest BCUT2D eigenvalue weighted by Crippen LogP contribution is -2.49. The maximum Gasteiger partial charge on any atom is 0.243 e. The molecule has 0 unspecified atom stereocenters. The summed E-state index contributed by atoms with van der Waals surface area (Å²) in [4.78, 5) is 13.5. The molecular formula is C20H23ClN4O3S2. The molecule has 2 aromatic rings. The van der Waals surface area contributed by atoms with Crippen molar-refractivity contribution in [1.82, 2.24) is 9.62 Å². The third-order valence-corrected chi connectivity index (χ3v) is 7.16. The average Bonchev–Trinajstić information content (AvgIpc) is 2.68. The lowest BCUT2D eigenvalue weighted by atomic mass is 10.2. The highest BCUT2D eigenvalue weighted by Crippen LogP contribution is 2.35. The Balaban J connectivity index is 1.75. The van der Waals surface area contributed by atoms with E-state index in [-0.39, 0.29) is 11.0 Å². The van der Waals surface area contributed by atoms with Crippen LogP contribution in [0, 0.1) is 6.92 Å². The molecule has 1 saturated heterocycles. The molecule has 1 aliphatic heterocycles. The molecule has 3 rings (SSSR count). The lowest BCUT2D eigenvalue weighted by molar-refractivity contribution is -0.117. The molecule has 1 heterocycles. The van der Waals surface area contributed by atoms with Crippen LogP contribution in [0.25, 0.3) is 0 Å². The lowest BCUT2D eigenvalue weighted by Gasteiger charge is -2.36. The Kier molecular flexibility index (Phi) is 6.97. The van der Waals surface area contributed by atoms with E-state index in [1.54, 1.807) is 36.4 Å². The van der Waals surface area contributed by atoms with Gasteiger partial charge in [0.25, 0.3) is 0 Å². The molecule has 160 valence electrons. The molecule has 0 atom stereocenters. The van der Waals surface area contributed by atoms with E-state index < -0.39 is 10.0 Å². The molecule has 2 aromatic carbocycles. The summed E-state index contributed by atoms with van der Waals surface area (Å²) in [6.45, 7) is 4.89. The topological polar surface area (TPSA) is 81.8 Å². The molecule has 0 aliphatic carbocycles. The normalized spacial score (nSPS) is 15.0. The SMILES string of the molecule is CC(=O)NC(=S)Nc1cccc(Cl)c1N1CCN(S(=O)(=O)c2ccc(C)cc2)CC1. The number of benzene rings is 2. The maximum absolute atomic E-state index is 12.9. The Morgan fingerprint density at radius 2 is 1.70 bits per heavy atom. The molecule has 2 N–H and O–H groups in total. The van der Waals surface area contributed by atoms with E-state index in [0.29, 0.717) is 41.8 Å². The van der Waals surface area contributed by atoms with Crippen LogP contribution < -0.4 is 15.5 Å². The highest BCUT2D eigenvalue weighted by Gasteiger charge is 2.30. The molecular weight excluding hydrogens is 444 g/mol. The van der Waals surface area contributed by atoms with E-state index in [0.717, 1.165) is 11.3 Å². The van der Waals surface area contributed by atoms with Gasteiger partial charge in [-0.25, -0.2) is 8.42 Å². The summed E-state index contributed by atoms with van der Waals surface area (Å²) in [7, 11) is -3.55. The second-order valence-corrected chi connectivity index (χ2v) is 9.73. The van der Waals surface area contributed by atoms with Crippen molar-refractivity contribution in [3.63, 3.8) is 0 Å². The van der Waals surface area contributed by atoms with Gasteiger partial charge in [0, 0.05) is 33.1 Å². The average molecular weight is 467 g/mol. The van der Waals surface area contributed by atoms with Gasteiger partial charge < -0.3 is 15.5 Å². The van der Waals surface area contributed by atoms with Crippen LogP contribution >= 0.6 is 23.8 Å². The van der Waals surface area contributed by atoms with Gasteiger partial charge >= 0.3 is 0 Å². The molecule has 1 amide bonds. The van der Waals surface area contributed by atoms with E-state index in [9.17, 15) is 13.2 Å². The number of carbonyl (C=O) groups is 1. The standard InChI is InChI=1S/C20H23ClN4O3S2/c1-14-6-8-16(9-7-14)30(27,28)25-12-10-24(11-13-25)19-17(21)4-3-5-18(19)23-20(29)22-15(2)26/h3-9H,10-13H2,1-2H3,(H2,22,23,26,29). The Hall–Kier alpha value is -2.20. The van der Waals surface area contributed by atoms with Crippen molar-refractivity contribution < 1.29 is 13.2 Å². The predicted molar refractivity (Wildman–Crippen MR) is 124 cm³/mol. The third-order valence-electron chi connectivity index (χ3n) is 4.74. The number of nitrogens with zero attached hydrogens (tertiary/aromatic N) is 2. The van der Waals surface area contributed by atoms with Gasteiger partial charge in [-0.2, -0.15) is 4.31 Å². The summed E-state index contributed by atoms with van der Waals surface area (Å²) < 4.78 is 27.4. The van der Waals surface area contributed by atoms with Crippen molar-refractivity contribution in [2.45, 2.75) is 18.7 Å². The summed E-state index contributed by atoms with van der Waals surface area (Å²) in [5.41, 5.74) is 2.38. The van der Waals surface area contributed by atoms with Crippen molar-refractivity contribution in [2.24, 2.45) is 0 Å². The monoisotopic (exact) mass is 466 g/mol. The summed E-state index contributed by atoms with van der Waals surface area (Å²) >= 11 is 11.6. The number of anilines is 2. The van der Waals surface area contributed by atoms with Crippen LogP contribution in [0.3, 0.4) is 0 Å². The fourth-order valence-corrected chi connectivity index (χ4v) is 5.23. The molecule has 0 radical (unpaired) electrons. The number of nitrogens with one attached hydrogen (secondary N) is 2. The first-order chi connectivity index (χ1) is 14.2. The zero-order chi connectivity index (χ0) is 21.9. The van der Waals surface area contributed by atoms with E-state index in [2.05, 4.69) is 10.6 Å². The summed E-state index contributed by atoms with van der Waals surface area (Å²) in [6.07, 6.45) is 0. The zero-order valence-electron chi connectivity index (χ0n) is 16.7. The number of para-hydroxylation sites is 1. The first kappa shape index (κ1) is 22.5. The van der Waals surface area contributed by atoms with Crippen molar-refractivity contribution in [1.29, 1.82) is 0 Å². The van der Waals surface area contributed by atoms with Crippen LogP contribution in [-0.4, -0.2) is 49.9 Å². The second kappa shape index (κ2) is 9.30. The van der Waals surface area contributed by atoms with E-state index in [4.69, 9.17) is 23.8 Å². The van der Waals surface area contributed by atoms with Gasteiger partial charge in [0.15, 0.2) is 5.11 Å². The summed E-state index contributed by atoms with van der Waals surface area (Å²) in [6, 6.07) is 12.2. The number of rotatable bonds is 4. The third kappa shape index (κ3) is 5.10. The smallest absolute Gasteiger partial charge is 0.243 e. The Labute approximate surface area is 187 Å². The fourth-order valence-electron chi connectivity index (χ4n) is 3.26. The van der Waals surface area contributed by atoms with Crippen LogP contribution in [0.5, 0.6) is 0 Å². The number of hydrogen-bond acceptors (Lipinski definition) is 5. The Bertz CT molecular complexity index is 1050. The van der Waals surface area contributed by atoms with E-state index in [1.807, 2.05) is 17.9 Å². The second-order valence-electron chi connectivity index (χ2n) is 6.98. The van der Waals surface area contributed by atoms with Gasteiger partial charge in [0.05, 0.1) is 21.3 Å². The molecule has 10 heteroatoms. The van der Waals surface area contributed by atoms with Crippen LogP contribution in [0.1, 0.15) is 12.5 Å². The van der Waals surface area contributed by atoms with Crippen molar-refractivity contribution >= 4 is 56.2 Å². The molecule has 30 heavy (non-hydrogen) atoms. The van der Waals surface area contributed by atoms with E-state index in [1.165, 1.54) is 11.2 Å². The largest absolute Gasteiger partial charge is 0.366 e. The number of sulfonamides is 1. The summed E-state index contributed by atoms with van der Waals surface area (Å²) in [5.74, 6) is -0.272. The van der Waals surface area contributed by atoms with Gasteiger partial charge in [-0.3, -0.25) is 4.79 Å². The van der Waals surface area contributed by atoms with Gasteiger partial charge in [-0.15, -0.1) is 0 Å². The Morgan fingerprint density at radius 1 is 1.07 bits per heavy atom. The molecule has 0 saturated carbocycles. The minimum absolute atomic E-state index is 0.173. The highest BCUT2D eigenvalue weighted by molar-refractivity contribution is 7.89. The van der Waals surface area contributed by atoms with Crippen LogP contribution in [0.15, 0.2) is 47.4 Å². The minimum Gasteiger partial charge on any atom is -0.366 e. The van der Waals surface area contributed by atoms with Crippen LogP contribution in [0.4, 0.5) is 11.4 Å². The molecule has 0 aromatic heterocycles. The zero-order valence-corrected chi connectivity index (χ0v) is 19.1. The van der Waals surface area contributed by atoms with Crippen LogP contribution in [-0.2, 0) is 14.8 Å². The van der Waals surface area contributed by atoms with Gasteiger partial charge in [0.2, 0.25) is 15.9 Å². The predicted octanol–water partition coefficient (Wildman–Crippen LogP) is 2.99. The van der Waals surface area contributed by atoms with Crippen molar-refractivity contribution in [3.8, 4) is 0 Å². The van der Waals surface area contributed by atoms with Gasteiger partial charge in [-0.1, -0.05) is 35.4 Å². The number of piperazine rings is 1. The number of thiocarbonyl (C=S) groups is 1. The van der Waals surface area contributed by atoms with Gasteiger partial charge in [0.1, 0.15) is 0 Å². The number of amides is 1. The quantitative estimate of drug-likeness (QED) is 0.674.